The van der Waals surface area contributed by atoms with Crippen LogP contribution >= 0.6 is 0 Å². The molecule has 0 radical (unpaired) electrons. The molecule has 0 fully saturated rings. The predicted molar refractivity (Wildman–Crippen MR) is 56.0 cm³/mol. The van der Waals surface area contributed by atoms with E-state index in [0.29, 0.717) is 0 Å². The average molecular weight is 179 g/mol. The van der Waals surface area contributed by atoms with Crippen molar-refractivity contribution in [3.05, 3.63) is 29.8 Å². The van der Waals surface area contributed by atoms with Gasteiger partial charge >= 0.3 is 0 Å². The first-order chi connectivity index (χ1) is 6.36. The molecule has 13 heavy (non-hydrogen) atoms. The summed E-state index contributed by atoms with van der Waals surface area (Å²) in [6, 6.07) is 8.34. The summed E-state index contributed by atoms with van der Waals surface area (Å²) in [5, 5.41) is 11.9. The molecule has 0 saturated carbocycles. The van der Waals surface area contributed by atoms with Crippen molar-refractivity contribution in [2.24, 2.45) is 0 Å². The third-order valence-corrected chi connectivity index (χ3v) is 1.93. The lowest BCUT2D eigenvalue weighted by molar-refractivity contribution is 0.288. The minimum Gasteiger partial charge on any atom is -0.396 e. The molecule has 72 valence electrons. The fourth-order valence-corrected chi connectivity index (χ4v) is 1.32. The maximum atomic E-state index is 8.68. The fraction of sp³-hybridized carbons (Fsp3) is 0.455. The van der Waals surface area contributed by atoms with Crippen LogP contribution in [0.5, 0.6) is 0 Å². The molecule has 0 bridgehead atoms. The Morgan fingerprint density at radius 2 is 2.23 bits per heavy atom. The Labute approximate surface area is 79.6 Å². The van der Waals surface area contributed by atoms with E-state index < -0.39 is 0 Å². The van der Waals surface area contributed by atoms with Gasteiger partial charge in [0.2, 0.25) is 0 Å². The van der Waals surface area contributed by atoms with Crippen molar-refractivity contribution in [3.63, 3.8) is 0 Å². The molecular formula is C11H17NO. The Hall–Kier alpha value is -1.02. The smallest absolute Gasteiger partial charge is 0.0434 e. The highest BCUT2D eigenvalue weighted by Crippen LogP contribution is 2.11. The molecule has 1 rings (SSSR count). The van der Waals surface area contributed by atoms with E-state index in [1.807, 2.05) is 6.07 Å². The summed E-state index contributed by atoms with van der Waals surface area (Å²) < 4.78 is 0. The van der Waals surface area contributed by atoms with E-state index in [4.69, 9.17) is 5.11 Å². The number of rotatable bonds is 5. The van der Waals surface area contributed by atoms with Gasteiger partial charge in [-0.2, -0.15) is 0 Å². The van der Waals surface area contributed by atoms with Gasteiger partial charge in [-0.25, -0.2) is 0 Å². The van der Waals surface area contributed by atoms with Crippen LogP contribution in [-0.4, -0.2) is 18.3 Å². The largest absolute Gasteiger partial charge is 0.396 e. The van der Waals surface area contributed by atoms with Crippen LogP contribution in [0, 0.1) is 0 Å². The molecule has 2 N–H and O–H groups in total. The summed E-state index contributed by atoms with van der Waals surface area (Å²) in [4.78, 5) is 0. The second-order valence-electron chi connectivity index (χ2n) is 3.06. The normalized spacial score (nSPS) is 10.0. The number of aliphatic hydroxyl groups is 1. The lowest BCUT2D eigenvalue weighted by atomic mass is 10.1. The van der Waals surface area contributed by atoms with Gasteiger partial charge in [-0.05, 0) is 37.5 Å². The molecule has 1 aromatic rings. The Morgan fingerprint density at radius 1 is 1.38 bits per heavy atom. The fourth-order valence-electron chi connectivity index (χ4n) is 1.32. The van der Waals surface area contributed by atoms with Crippen LogP contribution in [0.2, 0.25) is 0 Å². The molecule has 0 aliphatic carbocycles. The van der Waals surface area contributed by atoms with Crippen LogP contribution in [-0.2, 0) is 6.42 Å². The number of anilines is 1. The topological polar surface area (TPSA) is 32.3 Å². The van der Waals surface area contributed by atoms with Crippen LogP contribution < -0.4 is 5.32 Å². The number of hydrogen-bond acceptors (Lipinski definition) is 2. The molecule has 2 heteroatoms. The van der Waals surface area contributed by atoms with Gasteiger partial charge in [0.15, 0.2) is 0 Å². The van der Waals surface area contributed by atoms with Gasteiger partial charge in [-0.15, -0.1) is 0 Å². The van der Waals surface area contributed by atoms with Gasteiger partial charge in [0.25, 0.3) is 0 Å². The quantitative estimate of drug-likeness (QED) is 0.725. The Morgan fingerprint density at radius 3 is 2.92 bits per heavy atom. The summed E-state index contributed by atoms with van der Waals surface area (Å²) in [5.41, 5.74) is 2.45. The van der Waals surface area contributed by atoms with Crippen LogP contribution in [0.15, 0.2) is 24.3 Å². The van der Waals surface area contributed by atoms with E-state index in [9.17, 15) is 0 Å². The van der Waals surface area contributed by atoms with Gasteiger partial charge < -0.3 is 10.4 Å². The van der Waals surface area contributed by atoms with Crippen molar-refractivity contribution in [2.45, 2.75) is 19.8 Å². The van der Waals surface area contributed by atoms with E-state index in [2.05, 4.69) is 30.4 Å². The SMILES string of the molecule is CCNc1cccc(CCCO)c1. The summed E-state index contributed by atoms with van der Waals surface area (Å²) >= 11 is 0. The number of nitrogens with one attached hydrogen (secondary N) is 1. The van der Waals surface area contributed by atoms with E-state index in [1.165, 1.54) is 5.56 Å². The second-order valence-corrected chi connectivity index (χ2v) is 3.06. The maximum Gasteiger partial charge on any atom is 0.0434 e. The third-order valence-electron chi connectivity index (χ3n) is 1.93. The van der Waals surface area contributed by atoms with Crippen molar-refractivity contribution in [3.8, 4) is 0 Å². The molecule has 0 amide bonds. The Balaban J connectivity index is 2.56. The van der Waals surface area contributed by atoms with Crippen molar-refractivity contribution >= 4 is 5.69 Å². The lowest BCUT2D eigenvalue weighted by Gasteiger charge is -2.05. The van der Waals surface area contributed by atoms with Crippen LogP contribution in [0.25, 0.3) is 0 Å². The van der Waals surface area contributed by atoms with Gasteiger partial charge in [0.1, 0.15) is 0 Å². The standard InChI is InChI=1S/C11H17NO/c1-2-12-11-7-3-5-10(9-11)6-4-8-13/h3,5,7,9,12-13H,2,4,6,8H2,1H3. The van der Waals surface area contributed by atoms with Crippen LogP contribution in [0.3, 0.4) is 0 Å². The third kappa shape index (κ3) is 3.47. The van der Waals surface area contributed by atoms with Gasteiger partial charge in [0, 0.05) is 18.8 Å². The summed E-state index contributed by atoms with van der Waals surface area (Å²) in [6.07, 6.45) is 1.80. The number of benzene rings is 1. The van der Waals surface area contributed by atoms with Crippen LogP contribution in [0.1, 0.15) is 18.9 Å². The monoisotopic (exact) mass is 179 g/mol. The first-order valence-corrected chi connectivity index (χ1v) is 4.80. The molecule has 0 aliphatic rings. The van der Waals surface area contributed by atoms with Gasteiger partial charge in [-0.3, -0.25) is 0 Å². The zero-order valence-corrected chi connectivity index (χ0v) is 8.09. The van der Waals surface area contributed by atoms with E-state index >= 15 is 0 Å². The molecule has 2 nitrogen and oxygen atoms in total. The highest BCUT2D eigenvalue weighted by Gasteiger charge is 1.94. The van der Waals surface area contributed by atoms with E-state index in [0.717, 1.165) is 25.1 Å². The Bertz CT molecular complexity index is 248. The second kappa shape index (κ2) is 5.60. The molecule has 0 aliphatic heterocycles. The summed E-state index contributed by atoms with van der Waals surface area (Å²) in [6.45, 7) is 3.30. The van der Waals surface area contributed by atoms with Crippen molar-refractivity contribution in [1.29, 1.82) is 0 Å². The molecule has 0 spiro atoms. The average Bonchev–Trinajstić information content (AvgIpc) is 2.16. The minimum absolute atomic E-state index is 0.269. The number of aryl methyl sites for hydroxylation is 1. The van der Waals surface area contributed by atoms with Crippen molar-refractivity contribution in [1.82, 2.24) is 0 Å². The summed E-state index contributed by atoms with van der Waals surface area (Å²) in [5.74, 6) is 0. The van der Waals surface area contributed by atoms with E-state index in [-0.39, 0.29) is 6.61 Å². The molecule has 1 aromatic carbocycles. The van der Waals surface area contributed by atoms with Crippen molar-refractivity contribution < 1.29 is 5.11 Å². The first-order valence-electron chi connectivity index (χ1n) is 4.80. The van der Waals surface area contributed by atoms with Gasteiger partial charge in [-0.1, -0.05) is 12.1 Å². The zero-order valence-electron chi connectivity index (χ0n) is 8.09. The Kier molecular flexibility index (Phi) is 4.33. The molecular weight excluding hydrogens is 162 g/mol. The molecule has 0 saturated heterocycles. The first kappa shape index (κ1) is 10.1. The summed E-state index contributed by atoms with van der Waals surface area (Å²) in [7, 11) is 0. The van der Waals surface area contributed by atoms with Crippen molar-refractivity contribution in [2.75, 3.05) is 18.5 Å². The van der Waals surface area contributed by atoms with Crippen LogP contribution in [0.4, 0.5) is 5.69 Å². The van der Waals surface area contributed by atoms with Gasteiger partial charge in [0.05, 0.1) is 0 Å². The molecule has 0 atom stereocenters. The molecule has 0 heterocycles. The number of aliphatic hydroxyl groups excluding tert-OH is 1. The predicted octanol–water partition coefficient (Wildman–Crippen LogP) is 2.04. The van der Waals surface area contributed by atoms with E-state index in [1.54, 1.807) is 0 Å². The lowest BCUT2D eigenvalue weighted by Crippen LogP contribution is -1.97. The highest BCUT2D eigenvalue weighted by molar-refractivity contribution is 5.45. The molecule has 0 aromatic heterocycles. The number of hydrogen-bond donors (Lipinski definition) is 2. The molecule has 0 unspecified atom stereocenters. The highest BCUT2D eigenvalue weighted by atomic mass is 16.2. The maximum absolute atomic E-state index is 8.68. The zero-order chi connectivity index (χ0) is 9.52. The minimum atomic E-state index is 0.269.